The lowest BCUT2D eigenvalue weighted by atomic mass is 10.2. The van der Waals surface area contributed by atoms with Gasteiger partial charge in [0.15, 0.2) is 11.5 Å². The molecule has 1 aromatic carbocycles. The van der Waals surface area contributed by atoms with Crippen molar-refractivity contribution < 1.29 is 44.6 Å². The van der Waals surface area contributed by atoms with Crippen molar-refractivity contribution in [2.75, 3.05) is 0 Å². The standard InChI is InChI=1S/C9H4F8O2/c10-7(11)18-6-3-4(8(12,13)14)1-2-5(6)19-9(15,16)17/h1-3,7H. The summed E-state index contributed by atoms with van der Waals surface area (Å²) in [5.41, 5.74) is -1.45. The summed E-state index contributed by atoms with van der Waals surface area (Å²) >= 11 is 0. The summed E-state index contributed by atoms with van der Waals surface area (Å²) in [5.74, 6) is -2.65. The van der Waals surface area contributed by atoms with Crippen LogP contribution in [0.3, 0.4) is 0 Å². The molecule has 19 heavy (non-hydrogen) atoms. The van der Waals surface area contributed by atoms with Crippen molar-refractivity contribution in [3.63, 3.8) is 0 Å². The largest absolute Gasteiger partial charge is 0.573 e. The molecule has 2 nitrogen and oxygen atoms in total. The van der Waals surface area contributed by atoms with E-state index < -0.39 is 36.2 Å². The molecule has 0 unspecified atom stereocenters. The van der Waals surface area contributed by atoms with Crippen LogP contribution in [0.15, 0.2) is 18.2 Å². The van der Waals surface area contributed by atoms with Crippen LogP contribution in [0, 0.1) is 0 Å². The summed E-state index contributed by atoms with van der Waals surface area (Å²) in [7, 11) is 0. The Kier molecular flexibility index (Phi) is 4.11. The summed E-state index contributed by atoms with van der Waals surface area (Å²) in [6.45, 7) is -3.60. The SMILES string of the molecule is FC(F)Oc1cc(C(F)(F)F)ccc1OC(F)(F)F. The van der Waals surface area contributed by atoms with Gasteiger partial charge in [-0.1, -0.05) is 0 Å². The number of alkyl halides is 8. The van der Waals surface area contributed by atoms with Gasteiger partial charge >= 0.3 is 19.2 Å². The van der Waals surface area contributed by atoms with Crippen LogP contribution in [0.25, 0.3) is 0 Å². The highest BCUT2D eigenvalue weighted by Gasteiger charge is 2.35. The van der Waals surface area contributed by atoms with E-state index in [-0.39, 0.29) is 18.2 Å². The van der Waals surface area contributed by atoms with Crippen LogP contribution in [0.5, 0.6) is 11.5 Å². The van der Waals surface area contributed by atoms with E-state index in [4.69, 9.17) is 0 Å². The van der Waals surface area contributed by atoms with Crippen molar-refractivity contribution in [3.05, 3.63) is 23.8 Å². The maximum Gasteiger partial charge on any atom is 0.573 e. The Balaban J connectivity index is 3.17. The number of ether oxygens (including phenoxy) is 2. The Labute approximate surface area is 100 Å². The molecule has 10 heteroatoms. The molecule has 0 fully saturated rings. The molecular formula is C9H4F8O2. The Morgan fingerprint density at radius 1 is 0.895 bits per heavy atom. The van der Waals surface area contributed by atoms with Crippen LogP contribution in [-0.2, 0) is 6.18 Å². The van der Waals surface area contributed by atoms with Gasteiger partial charge in [-0.3, -0.25) is 0 Å². The van der Waals surface area contributed by atoms with Gasteiger partial charge in [-0.05, 0) is 18.2 Å². The lowest BCUT2D eigenvalue weighted by molar-refractivity contribution is -0.275. The first-order valence-electron chi connectivity index (χ1n) is 4.41. The van der Waals surface area contributed by atoms with Crippen LogP contribution >= 0.6 is 0 Å². The van der Waals surface area contributed by atoms with Crippen molar-refractivity contribution in [2.45, 2.75) is 19.2 Å². The van der Waals surface area contributed by atoms with Crippen LogP contribution in [-0.4, -0.2) is 13.0 Å². The molecule has 0 amide bonds. The summed E-state index contributed by atoms with van der Waals surface area (Å²) in [5, 5.41) is 0. The number of rotatable bonds is 3. The molecule has 0 bridgehead atoms. The highest BCUT2D eigenvalue weighted by atomic mass is 19.4. The van der Waals surface area contributed by atoms with Crippen molar-refractivity contribution in [2.24, 2.45) is 0 Å². The third kappa shape index (κ3) is 4.79. The molecular weight excluding hydrogens is 292 g/mol. The van der Waals surface area contributed by atoms with E-state index in [2.05, 4.69) is 9.47 Å². The van der Waals surface area contributed by atoms with Gasteiger partial charge in [0.2, 0.25) is 0 Å². The van der Waals surface area contributed by atoms with Gasteiger partial charge < -0.3 is 9.47 Å². The minimum Gasteiger partial charge on any atom is -0.431 e. The smallest absolute Gasteiger partial charge is 0.431 e. The number of halogens is 8. The Morgan fingerprint density at radius 3 is 1.89 bits per heavy atom. The van der Waals surface area contributed by atoms with Gasteiger partial charge in [-0.25, -0.2) is 0 Å². The zero-order valence-electron chi connectivity index (χ0n) is 8.65. The van der Waals surface area contributed by atoms with E-state index in [1.807, 2.05) is 0 Å². The summed E-state index contributed by atoms with van der Waals surface area (Å²) in [6, 6.07) is 0.487. The average molecular weight is 296 g/mol. The second-order valence-corrected chi connectivity index (χ2v) is 3.09. The zero-order valence-corrected chi connectivity index (χ0v) is 8.65. The molecule has 1 aromatic rings. The summed E-state index contributed by atoms with van der Waals surface area (Å²) in [4.78, 5) is 0. The molecule has 0 radical (unpaired) electrons. The highest BCUT2D eigenvalue weighted by molar-refractivity contribution is 5.44. The average Bonchev–Trinajstić information content (AvgIpc) is 2.15. The molecule has 0 aliphatic carbocycles. The maximum absolute atomic E-state index is 12.3. The lowest BCUT2D eigenvalue weighted by Gasteiger charge is -2.15. The van der Waals surface area contributed by atoms with Crippen LogP contribution in [0.4, 0.5) is 35.1 Å². The maximum atomic E-state index is 12.3. The minimum atomic E-state index is -5.25. The molecule has 0 saturated carbocycles. The van der Waals surface area contributed by atoms with Gasteiger partial charge in [0.1, 0.15) is 0 Å². The van der Waals surface area contributed by atoms with Crippen molar-refractivity contribution >= 4 is 0 Å². The fourth-order valence-corrected chi connectivity index (χ4v) is 1.08. The first kappa shape index (κ1) is 15.3. The molecule has 0 aliphatic heterocycles. The van der Waals surface area contributed by atoms with E-state index in [1.54, 1.807) is 0 Å². The highest BCUT2D eigenvalue weighted by Crippen LogP contribution is 2.38. The topological polar surface area (TPSA) is 18.5 Å². The molecule has 0 atom stereocenters. The molecule has 108 valence electrons. The number of benzene rings is 1. The lowest BCUT2D eigenvalue weighted by Crippen LogP contribution is -2.18. The molecule has 0 aliphatic rings. The van der Waals surface area contributed by atoms with E-state index in [9.17, 15) is 35.1 Å². The van der Waals surface area contributed by atoms with Gasteiger partial charge in [-0.2, -0.15) is 22.0 Å². The Hall–Kier alpha value is -1.74. The van der Waals surface area contributed by atoms with Gasteiger partial charge in [0, 0.05) is 0 Å². The fraction of sp³-hybridized carbons (Fsp3) is 0.333. The quantitative estimate of drug-likeness (QED) is 0.778. The number of hydrogen-bond acceptors (Lipinski definition) is 2. The van der Waals surface area contributed by atoms with Gasteiger partial charge in [0.25, 0.3) is 0 Å². The van der Waals surface area contributed by atoms with Crippen molar-refractivity contribution in [1.29, 1.82) is 0 Å². The first-order chi connectivity index (χ1) is 8.49. The molecule has 0 aromatic heterocycles. The van der Waals surface area contributed by atoms with E-state index >= 15 is 0 Å². The predicted molar refractivity (Wildman–Crippen MR) is 44.8 cm³/mol. The first-order valence-corrected chi connectivity index (χ1v) is 4.41. The summed E-state index contributed by atoms with van der Waals surface area (Å²) in [6.07, 6.45) is -10.2. The molecule has 0 saturated heterocycles. The van der Waals surface area contributed by atoms with E-state index in [0.717, 1.165) is 0 Å². The third-order valence-electron chi connectivity index (χ3n) is 1.71. The van der Waals surface area contributed by atoms with Crippen LogP contribution in [0.1, 0.15) is 5.56 Å². The minimum absolute atomic E-state index is 0.00671. The van der Waals surface area contributed by atoms with E-state index in [1.165, 1.54) is 0 Å². The van der Waals surface area contributed by atoms with Gasteiger partial charge in [0.05, 0.1) is 5.56 Å². The third-order valence-corrected chi connectivity index (χ3v) is 1.71. The molecule has 0 N–H and O–H groups in total. The Morgan fingerprint density at radius 2 is 1.47 bits per heavy atom. The van der Waals surface area contributed by atoms with Crippen LogP contribution in [0.2, 0.25) is 0 Å². The fourth-order valence-electron chi connectivity index (χ4n) is 1.08. The molecule has 0 heterocycles. The molecule has 0 spiro atoms. The monoisotopic (exact) mass is 296 g/mol. The summed E-state index contributed by atoms with van der Waals surface area (Å²) < 4.78 is 103. The number of hydrogen-bond donors (Lipinski definition) is 0. The Bertz CT molecular complexity index is 437. The van der Waals surface area contributed by atoms with Crippen molar-refractivity contribution in [1.82, 2.24) is 0 Å². The molecule has 1 rings (SSSR count). The van der Waals surface area contributed by atoms with Gasteiger partial charge in [-0.15, -0.1) is 13.2 Å². The van der Waals surface area contributed by atoms with Crippen LogP contribution < -0.4 is 9.47 Å². The second kappa shape index (κ2) is 5.10. The second-order valence-electron chi connectivity index (χ2n) is 3.09. The van der Waals surface area contributed by atoms with Crippen molar-refractivity contribution in [3.8, 4) is 11.5 Å². The van der Waals surface area contributed by atoms with E-state index in [0.29, 0.717) is 0 Å². The normalized spacial score (nSPS) is 12.7. The zero-order chi connectivity index (χ0) is 14.8. The predicted octanol–water partition coefficient (Wildman–Crippen LogP) is 4.21.